The normalized spacial score (nSPS) is 13.2. The number of nitrogens with one attached hydrogen (secondary N) is 2. The van der Waals surface area contributed by atoms with Crippen molar-refractivity contribution in [2.24, 2.45) is 0 Å². The zero-order valence-electron chi connectivity index (χ0n) is 11.8. The summed E-state index contributed by atoms with van der Waals surface area (Å²) in [4.78, 5) is 11.5. The van der Waals surface area contributed by atoms with Gasteiger partial charge in [0, 0.05) is 23.7 Å². The third kappa shape index (κ3) is 4.63. The van der Waals surface area contributed by atoms with Gasteiger partial charge in [-0.15, -0.1) is 0 Å². The molecule has 1 heterocycles. The Bertz CT molecular complexity index is 559. The van der Waals surface area contributed by atoms with Crippen LogP contribution in [-0.4, -0.2) is 32.1 Å². The van der Waals surface area contributed by atoms with Gasteiger partial charge in [0.05, 0.1) is 11.6 Å². The van der Waals surface area contributed by atoms with Crippen molar-refractivity contribution in [1.82, 2.24) is 10.6 Å². The minimum absolute atomic E-state index is 0.000617. The summed E-state index contributed by atoms with van der Waals surface area (Å²) in [5, 5.41) is 7.00. The van der Waals surface area contributed by atoms with Crippen LogP contribution in [-0.2, 0) is 4.79 Å². The van der Waals surface area contributed by atoms with E-state index in [9.17, 15) is 4.79 Å². The number of hydrogen-bond acceptors (Lipinski definition) is 3. The summed E-state index contributed by atoms with van der Waals surface area (Å²) >= 11 is 12.1. The Balaban J connectivity index is 1.90. The van der Waals surface area contributed by atoms with Crippen LogP contribution in [0.3, 0.4) is 0 Å². The van der Waals surface area contributed by atoms with Crippen LogP contribution in [0.25, 0.3) is 6.08 Å². The van der Waals surface area contributed by atoms with Crippen LogP contribution in [0.4, 0.5) is 0 Å². The number of fused-ring (bicyclic) bond motifs is 1. The lowest BCUT2D eigenvalue weighted by molar-refractivity contribution is -0.120. The van der Waals surface area contributed by atoms with E-state index in [4.69, 9.17) is 27.9 Å². The fourth-order valence-electron chi connectivity index (χ4n) is 2.03. The predicted molar refractivity (Wildman–Crippen MR) is 86.1 cm³/mol. The fourth-order valence-corrected chi connectivity index (χ4v) is 2.60. The van der Waals surface area contributed by atoms with Gasteiger partial charge in [-0.1, -0.05) is 30.1 Å². The van der Waals surface area contributed by atoms with Crippen LogP contribution in [0.5, 0.6) is 5.75 Å². The second-order valence-corrected chi connectivity index (χ2v) is 5.69. The Kier molecular flexibility index (Phi) is 5.91. The highest BCUT2D eigenvalue weighted by Crippen LogP contribution is 2.36. The maximum Gasteiger partial charge on any atom is 0.233 e. The van der Waals surface area contributed by atoms with Gasteiger partial charge in [-0.3, -0.25) is 4.79 Å². The summed E-state index contributed by atoms with van der Waals surface area (Å²) in [6, 6.07) is 3.48. The first-order chi connectivity index (χ1) is 10.1. The van der Waals surface area contributed by atoms with Crippen molar-refractivity contribution in [2.45, 2.75) is 13.3 Å². The molecule has 0 saturated heterocycles. The zero-order valence-corrected chi connectivity index (χ0v) is 13.4. The topological polar surface area (TPSA) is 50.4 Å². The van der Waals surface area contributed by atoms with Crippen molar-refractivity contribution in [3.63, 3.8) is 0 Å². The molecule has 0 fully saturated rings. The van der Waals surface area contributed by atoms with Gasteiger partial charge in [-0.05, 0) is 30.2 Å². The highest BCUT2D eigenvalue weighted by atomic mass is 35.5. The van der Waals surface area contributed by atoms with Crippen LogP contribution in [0.15, 0.2) is 17.7 Å². The van der Waals surface area contributed by atoms with Gasteiger partial charge >= 0.3 is 0 Å². The molecule has 1 aliphatic rings. The van der Waals surface area contributed by atoms with Gasteiger partial charge in [0.25, 0.3) is 0 Å². The molecule has 1 amide bonds. The van der Waals surface area contributed by atoms with E-state index in [1.807, 2.05) is 19.1 Å². The molecule has 0 aliphatic carbocycles. The summed E-state index contributed by atoms with van der Waals surface area (Å²) in [5.74, 6) is 0.658. The van der Waals surface area contributed by atoms with E-state index in [0.717, 1.165) is 17.6 Å². The number of carbonyl (C=O) groups excluding carboxylic acids is 1. The van der Waals surface area contributed by atoms with Gasteiger partial charge in [0.1, 0.15) is 12.4 Å². The molecule has 4 nitrogen and oxygen atoms in total. The molecule has 21 heavy (non-hydrogen) atoms. The Morgan fingerprint density at radius 3 is 2.95 bits per heavy atom. The summed E-state index contributed by atoms with van der Waals surface area (Å²) in [5.41, 5.74) is 1.91. The summed E-state index contributed by atoms with van der Waals surface area (Å²) < 4.78 is 5.64. The van der Waals surface area contributed by atoms with E-state index in [1.54, 1.807) is 6.07 Å². The quantitative estimate of drug-likeness (QED) is 0.844. The molecule has 0 saturated carbocycles. The van der Waals surface area contributed by atoms with Gasteiger partial charge < -0.3 is 15.4 Å². The lowest BCUT2D eigenvalue weighted by atomic mass is 10.1. The van der Waals surface area contributed by atoms with Crippen LogP contribution in [0.1, 0.15) is 18.9 Å². The van der Waals surface area contributed by atoms with E-state index in [-0.39, 0.29) is 5.91 Å². The molecule has 2 N–H and O–H groups in total. The monoisotopic (exact) mass is 328 g/mol. The molecular weight excluding hydrogens is 311 g/mol. The van der Waals surface area contributed by atoms with E-state index >= 15 is 0 Å². The van der Waals surface area contributed by atoms with Crippen molar-refractivity contribution in [3.05, 3.63) is 33.3 Å². The molecule has 0 aromatic heterocycles. The van der Waals surface area contributed by atoms with Crippen molar-refractivity contribution in [3.8, 4) is 5.75 Å². The molecule has 1 aliphatic heterocycles. The molecule has 0 bridgehead atoms. The molecule has 0 radical (unpaired) electrons. The number of ether oxygens (including phenoxy) is 1. The number of amides is 1. The first-order valence-corrected chi connectivity index (χ1v) is 7.64. The molecule has 114 valence electrons. The average molecular weight is 329 g/mol. The molecule has 0 spiro atoms. The second-order valence-electron chi connectivity index (χ2n) is 4.85. The van der Waals surface area contributed by atoms with Gasteiger partial charge in [-0.2, -0.15) is 0 Å². The first kappa shape index (κ1) is 16.1. The highest BCUT2D eigenvalue weighted by Gasteiger charge is 2.15. The van der Waals surface area contributed by atoms with Crippen molar-refractivity contribution in [1.29, 1.82) is 0 Å². The fraction of sp³-hybridized carbons (Fsp3) is 0.400. The smallest absolute Gasteiger partial charge is 0.233 e. The van der Waals surface area contributed by atoms with Crippen molar-refractivity contribution < 1.29 is 9.53 Å². The largest absolute Gasteiger partial charge is 0.487 e. The molecule has 0 unspecified atom stereocenters. The van der Waals surface area contributed by atoms with E-state index in [2.05, 4.69) is 10.6 Å². The van der Waals surface area contributed by atoms with Gasteiger partial charge in [0.2, 0.25) is 5.91 Å². The summed E-state index contributed by atoms with van der Waals surface area (Å²) in [6.45, 7) is 4.06. The SMILES string of the molecule is CCCNC(=O)CNCC1=Cc2cc(Cl)cc(Cl)c2OC1. The molecule has 1 aromatic rings. The standard InChI is InChI=1S/C15H18Cl2N2O2/c1-2-3-19-14(20)8-18-7-10-4-11-5-12(16)6-13(17)15(11)21-9-10/h4-6,18H,2-3,7-9H2,1H3,(H,19,20). The predicted octanol–water partition coefficient (Wildman–Crippen LogP) is 2.89. The van der Waals surface area contributed by atoms with Gasteiger partial charge in [0.15, 0.2) is 0 Å². The zero-order chi connectivity index (χ0) is 15.2. The second kappa shape index (κ2) is 7.69. The molecular formula is C15H18Cl2N2O2. The third-order valence-electron chi connectivity index (χ3n) is 3.01. The molecule has 2 rings (SSSR count). The number of rotatable bonds is 6. The summed E-state index contributed by atoms with van der Waals surface area (Å²) in [6.07, 6.45) is 2.93. The first-order valence-electron chi connectivity index (χ1n) is 6.89. The van der Waals surface area contributed by atoms with E-state index in [1.165, 1.54) is 0 Å². The minimum Gasteiger partial charge on any atom is -0.487 e. The van der Waals surface area contributed by atoms with E-state index in [0.29, 0.717) is 42.0 Å². The van der Waals surface area contributed by atoms with Crippen LogP contribution in [0.2, 0.25) is 10.0 Å². The maximum absolute atomic E-state index is 11.5. The number of carbonyl (C=O) groups is 1. The Hall–Kier alpha value is -1.23. The lowest BCUT2D eigenvalue weighted by Crippen LogP contribution is -2.35. The number of benzene rings is 1. The number of halogens is 2. The molecule has 6 heteroatoms. The minimum atomic E-state index is 0.000617. The van der Waals surface area contributed by atoms with Crippen molar-refractivity contribution >= 4 is 35.2 Å². The Labute approximate surface area is 134 Å². The van der Waals surface area contributed by atoms with Gasteiger partial charge in [-0.25, -0.2) is 0 Å². The average Bonchev–Trinajstić information content (AvgIpc) is 2.44. The lowest BCUT2D eigenvalue weighted by Gasteiger charge is -2.19. The van der Waals surface area contributed by atoms with Crippen LogP contribution in [0, 0.1) is 0 Å². The number of hydrogen-bond donors (Lipinski definition) is 2. The highest BCUT2D eigenvalue weighted by molar-refractivity contribution is 6.36. The molecule has 1 aromatic carbocycles. The Morgan fingerprint density at radius 1 is 1.38 bits per heavy atom. The van der Waals surface area contributed by atoms with E-state index < -0.39 is 0 Å². The van der Waals surface area contributed by atoms with Crippen molar-refractivity contribution in [2.75, 3.05) is 26.2 Å². The Morgan fingerprint density at radius 2 is 2.19 bits per heavy atom. The third-order valence-corrected chi connectivity index (χ3v) is 3.51. The van der Waals surface area contributed by atoms with Crippen LogP contribution >= 0.6 is 23.2 Å². The maximum atomic E-state index is 11.5. The summed E-state index contributed by atoms with van der Waals surface area (Å²) in [7, 11) is 0. The van der Waals surface area contributed by atoms with Crippen LogP contribution < -0.4 is 15.4 Å². The molecule has 0 atom stereocenters.